The molecular weight excluding hydrogens is 212 g/mol. The lowest BCUT2D eigenvalue weighted by molar-refractivity contribution is -0.117. The number of amides is 1. The van der Waals surface area contributed by atoms with Crippen molar-refractivity contribution in [3.8, 4) is 6.07 Å². The van der Waals surface area contributed by atoms with Crippen molar-refractivity contribution in [3.05, 3.63) is 29.8 Å². The summed E-state index contributed by atoms with van der Waals surface area (Å²) in [5.74, 6) is -0.0858. The molecule has 1 aromatic carbocycles. The third-order valence-corrected chi connectivity index (χ3v) is 3.11. The van der Waals surface area contributed by atoms with Gasteiger partial charge in [0.1, 0.15) is 0 Å². The van der Waals surface area contributed by atoms with Gasteiger partial charge >= 0.3 is 0 Å². The second-order valence-electron chi connectivity index (χ2n) is 4.41. The van der Waals surface area contributed by atoms with E-state index in [0.717, 1.165) is 18.5 Å². The van der Waals surface area contributed by atoms with E-state index >= 15 is 0 Å². The second-order valence-corrected chi connectivity index (χ2v) is 4.41. The van der Waals surface area contributed by atoms with Gasteiger partial charge in [0, 0.05) is 18.7 Å². The van der Waals surface area contributed by atoms with Gasteiger partial charge in [0.2, 0.25) is 5.91 Å². The van der Waals surface area contributed by atoms with Gasteiger partial charge < -0.3 is 4.90 Å². The van der Waals surface area contributed by atoms with E-state index in [4.69, 9.17) is 5.26 Å². The number of anilines is 1. The van der Waals surface area contributed by atoms with Crippen LogP contribution in [0.1, 0.15) is 25.3 Å². The molecule has 0 aliphatic carbocycles. The molecule has 3 nitrogen and oxygen atoms in total. The highest BCUT2D eigenvalue weighted by Gasteiger charge is 2.31. The maximum atomic E-state index is 11.9. The number of hydrogen-bond acceptors (Lipinski definition) is 2. The summed E-state index contributed by atoms with van der Waals surface area (Å²) in [7, 11) is 0. The van der Waals surface area contributed by atoms with Crippen molar-refractivity contribution in [2.45, 2.75) is 26.2 Å². The van der Waals surface area contributed by atoms with Crippen molar-refractivity contribution in [3.63, 3.8) is 0 Å². The van der Waals surface area contributed by atoms with Gasteiger partial charge in [-0.25, -0.2) is 0 Å². The third-order valence-electron chi connectivity index (χ3n) is 3.11. The summed E-state index contributed by atoms with van der Waals surface area (Å²) in [6.45, 7) is 2.66. The molecule has 1 atom stereocenters. The normalized spacial score (nSPS) is 19.4. The van der Waals surface area contributed by atoms with E-state index in [0.29, 0.717) is 13.0 Å². The Bertz CT molecular complexity index is 462. The van der Waals surface area contributed by atoms with E-state index in [1.54, 1.807) is 4.90 Å². The highest BCUT2D eigenvalue weighted by Crippen LogP contribution is 2.28. The number of carbonyl (C=O) groups excluding carboxylic acids is 1. The molecule has 1 fully saturated rings. The molecule has 0 bridgehead atoms. The van der Waals surface area contributed by atoms with Crippen LogP contribution < -0.4 is 4.90 Å². The van der Waals surface area contributed by atoms with E-state index in [9.17, 15) is 4.79 Å². The zero-order valence-electron chi connectivity index (χ0n) is 10.0. The third kappa shape index (κ3) is 2.31. The lowest BCUT2D eigenvalue weighted by atomic mass is 10.1. The van der Waals surface area contributed by atoms with Crippen LogP contribution in [0.2, 0.25) is 0 Å². The fraction of sp³-hybridized carbons (Fsp3) is 0.429. The van der Waals surface area contributed by atoms with Crippen LogP contribution in [-0.4, -0.2) is 12.5 Å². The van der Waals surface area contributed by atoms with Crippen molar-refractivity contribution in [2.24, 2.45) is 5.92 Å². The van der Waals surface area contributed by atoms with Gasteiger partial charge in [0.15, 0.2) is 0 Å². The molecule has 1 unspecified atom stereocenters. The molecule has 0 N–H and O–H groups in total. The van der Waals surface area contributed by atoms with Gasteiger partial charge in [-0.1, -0.05) is 31.5 Å². The summed E-state index contributed by atoms with van der Waals surface area (Å²) in [5.41, 5.74) is 2.18. The first-order valence-corrected chi connectivity index (χ1v) is 6.04. The van der Waals surface area contributed by atoms with Crippen LogP contribution in [0.4, 0.5) is 5.69 Å². The molecular formula is C14H16N2O. The molecule has 1 aromatic rings. The second kappa shape index (κ2) is 5.01. The van der Waals surface area contributed by atoms with Gasteiger partial charge in [0.05, 0.1) is 12.0 Å². The quantitative estimate of drug-likeness (QED) is 0.797. The van der Waals surface area contributed by atoms with Crippen molar-refractivity contribution in [1.29, 1.82) is 5.26 Å². The number of aryl methyl sites for hydroxylation is 1. The van der Waals surface area contributed by atoms with E-state index < -0.39 is 0 Å². The van der Waals surface area contributed by atoms with Gasteiger partial charge in [-0.05, 0) is 18.1 Å². The fourth-order valence-electron chi connectivity index (χ4n) is 2.28. The number of rotatable bonds is 3. The lowest BCUT2D eigenvalue weighted by Crippen LogP contribution is -2.25. The van der Waals surface area contributed by atoms with Crippen LogP contribution >= 0.6 is 0 Å². The number of benzene rings is 1. The molecule has 1 saturated heterocycles. The summed E-state index contributed by atoms with van der Waals surface area (Å²) in [5, 5.41) is 8.89. The molecule has 1 aliphatic rings. The molecule has 3 heteroatoms. The summed E-state index contributed by atoms with van der Waals surface area (Å²) in [6.07, 6.45) is 2.38. The van der Waals surface area contributed by atoms with Gasteiger partial charge in [-0.2, -0.15) is 5.26 Å². The van der Waals surface area contributed by atoms with E-state index in [1.807, 2.05) is 18.2 Å². The Kier molecular flexibility index (Phi) is 3.43. The Morgan fingerprint density at radius 1 is 1.47 bits per heavy atom. The molecule has 88 valence electrons. The first-order chi connectivity index (χ1) is 8.26. The monoisotopic (exact) mass is 228 g/mol. The number of nitrogens with zero attached hydrogens (tertiary/aromatic N) is 2. The maximum absolute atomic E-state index is 11.9. The molecule has 0 spiro atoms. The molecule has 1 heterocycles. The van der Waals surface area contributed by atoms with Crippen LogP contribution in [0.25, 0.3) is 0 Å². The summed E-state index contributed by atoms with van der Waals surface area (Å²) in [6, 6.07) is 10.2. The highest BCUT2D eigenvalue weighted by molar-refractivity contribution is 5.96. The van der Waals surface area contributed by atoms with Gasteiger partial charge in [0.25, 0.3) is 0 Å². The van der Waals surface area contributed by atoms with Crippen LogP contribution in [0.5, 0.6) is 0 Å². The first-order valence-electron chi connectivity index (χ1n) is 6.04. The average molecular weight is 228 g/mol. The molecule has 0 saturated carbocycles. The predicted octanol–water partition coefficient (Wildman–Crippen LogP) is 2.52. The standard InChI is InChI=1S/C14H16N2O/c1-2-5-12-6-3-4-7-13(12)16-10-11(9-15)8-14(16)17/h3-4,6-7,11H,2,5,8,10H2,1H3. The minimum Gasteiger partial charge on any atom is -0.311 e. The first kappa shape index (κ1) is 11.7. The lowest BCUT2D eigenvalue weighted by Gasteiger charge is -2.19. The minimum atomic E-state index is -0.155. The maximum Gasteiger partial charge on any atom is 0.228 e. The molecule has 0 aromatic heterocycles. The summed E-state index contributed by atoms with van der Waals surface area (Å²) in [4.78, 5) is 13.6. The Morgan fingerprint density at radius 3 is 2.88 bits per heavy atom. The average Bonchev–Trinajstić information content (AvgIpc) is 2.72. The van der Waals surface area contributed by atoms with E-state index in [1.165, 1.54) is 5.56 Å². The van der Waals surface area contributed by atoms with Crippen molar-refractivity contribution in [1.82, 2.24) is 0 Å². The van der Waals surface area contributed by atoms with Gasteiger partial charge in [-0.3, -0.25) is 4.79 Å². The topological polar surface area (TPSA) is 44.1 Å². The van der Waals surface area contributed by atoms with Crippen molar-refractivity contribution >= 4 is 11.6 Å². The zero-order chi connectivity index (χ0) is 12.3. The van der Waals surface area contributed by atoms with Crippen LogP contribution in [0.15, 0.2) is 24.3 Å². The summed E-state index contributed by atoms with van der Waals surface area (Å²) < 4.78 is 0. The van der Waals surface area contributed by atoms with E-state index in [-0.39, 0.29) is 11.8 Å². The molecule has 2 rings (SSSR count). The van der Waals surface area contributed by atoms with Gasteiger partial charge in [-0.15, -0.1) is 0 Å². The number of nitriles is 1. The van der Waals surface area contributed by atoms with Crippen molar-refractivity contribution < 1.29 is 4.79 Å². The SMILES string of the molecule is CCCc1ccccc1N1CC(C#N)CC1=O. The Hall–Kier alpha value is -1.82. The van der Waals surface area contributed by atoms with Crippen molar-refractivity contribution in [2.75, 3.05) is 11.4 Å². The van der Waals surface area contributed by atoms with E-state index in [2.05, 4.69) is 19.1 Å². The zero-order valence-corrected chi connectivity index (χ0v) is 10.0. The molecule has 17 heavy (non-hydrogen) atoms. The minimum absolute atomic E-state index is 0.0695. The molecule has 0 radical (unpaired) electrons. The van der Waals surface area contributed by atoms with Crippen LogP contribution in [-0.2, 0) is 11.2 Å². The fourth-order valence-corrected chi connectivity index (χ4v) is 2.28. The Balaban J connectivity index is 2.28. The number of hydrogen-bond donors (Lipinski definition) is 0. The smallest absolute Gasteiger partial charge is 0.228 e. The molecule has 1 aliphatic heterocycles. The van der Waals surface area contributed by atoms with Crippen LogP contribution in [0.3, 0.4) is 0 Å². The number of carbonyl (C=O) groups is 1. The highest BCUT2D eigenvalue weighted by atomic mass is 16.2. The Labute approximate surface area is 102 Å². The number of para-hydroxylation sites is 1. The largest absolute Gasteiger partial charge is 0.311 e. The summed E-state index contributed by atoms with van der Waals surface area (Å²) >= 11 is 0. The predicted molar refractivity (Wildman–Crippen MR) is 66.5 cm³/mol. The Morgan fingerprint density at radius 2 is 2.24 bits per heavy atom. The van der Waals surface area contributed by atoms with Crippen LogP contribution in [0, 0.1) is 17.2 Å². The molecule has 1 amide bonds.